The van der Waals surface area contributed by atoms with Crippen LogP contribution in [0.15, 0.2) is 0 Å². The molecule has 1 amide bonds. The summed E-state index contributed by atoms with van der Waals surface area (Å²) in [6.07, 6.45) is 2.38. The Morgan fingerprint density at radius 1 is 1.33 bits per heavy atom. The highest BCUT2D eigenvalue weighted by atomic mass is 35.5. The van der Waals surface area contributed by atoms with Gasteiger partial charge in [0.1, 0.15) is 0 Å². The normalized spacial score (nSPS) is 26.9. The van der Waals surface area contributed by atoms with Gasteiger partial charge in [0.05, 0.1) is 0 Å². The lowest BCUT2D eigenvalue weighted by Crippen LogP contribution is -2.60. The number of hydrogen-bond acceptors (Lipinski definition) is 2. The summed E-state index contributed by atoms with van der Waals surface area (Å²) in [7, 11) is 0. The molecule has 2 fully saturated rings. The number of piperidine rings is 1. The number of hydrogen-bond donors (Lipinski definition) is 1. The third-order valence-electron chi connectivity index (χ3n) is 2.97. The van der Waals surface area contributed by atoms with E-state index in [1.807, 2.05) is 0 Å². The standard InChI is InChI=1S/C8H13ClN2O/c9-7(12)11-5-8(6-11)1-3-10-4-2-8/h10H,1-6H2. The van der Waals surface area contributed by atoms with E-state index in [1.54, 1.807) is 4.90 Å². The predicted molar refractivity (Wildman–Crippen MR) is 47.4 cm³/mol. The Balaban J connectivity index is 1.88. The topological polar surface area (TPSA) is 32.3 Å². The van der Waals surface area contributed by atoms with Crippen LogP contribution >= 0.6 is 11.6 Å². The Morgan fingerprint density at radius 3 is 2.42 bits per heavy atom. The lowest BCUT2D eigenvalue weighted by atomic mass is 9.73. The van der Waals surface area contributed by atoms with Gasteiger partial charge in [0, 0.05) is 18.5 Å². The van der Waals surface area contributed by atoms with Crippen LogP contribution in [0, 0.1) is 5.41 Å². The molecule has 2 rings (SSSR count). The molecule has 68 valence electrons. The molecule has 4 heteroatoms. The zero-order valence-electron chi connectivity index (χ0n) is 6.98. The van der Waals surface area contributed by atoms with Crippen LogP contribution in [0.1, 0.15) is 12.8 Å². The maximum atomic E-state index is 10.7. The van der Waals surface area contributed by atoms with E-state index in [0.717, 1.165) is 26.2 Å². The number of nitrogens with one attached hydrogen (secondary N) is 1. The minimum absolute atomic E-state index is 0.292. The highest BCUT2D eigenvalue weighted by molar-refractivity contribution is 6.62. The average molecular weight is 189 g/mol. The summed E-state index contributed by atoms with van der Waals surface area (Å²) in [6, 6.07) is 0. The van der Waals surface area contributed by atoms with E-state index in [0.29, 0.717) is 5.41 Å². The van der Waals surface area contributed by atoms with E-state index in [1.165, 1.54) is 12.8 Å². The van der Waals surface area contributed by atoms with Crippen LogP contribution in [0.3, 0.4) is 0 Å². The van der Waals surface area contributed by atoms with Crippen LogP contribution in [0.4, 0.5) is 4.79 Å². The number of carbonyl (C=O) groups excluding carboxylic acids is 1. The Morgan fingerprint density at radius 2 is 1.92 bits per heavy atom. The van der Waals surface area contributed by atoms with Crippen LogP contribution in [-0.2, 0) is 0 Å². The van der Waals surface area contributed by atoms with Gasteiger partial charge in [0.15, 0.2) is 0 Å². The highest BCUT2D eigenvalue weighted by Gasteiger charge is 2.44. The van der Waals surface area contributed by atoms with Gasteiger partial charge in [-0.15, -0.1) is 0 Å². The monoisotopic (exact) mass is 188 g/mol. The zero-order chi connectivity index (χ0) is 8.60. The Hall–Kier alpha value is -0.280. The third kappa shape index (κ3) is 1.31. The molecular weight excluding hydrogens is 176 g/mol. The fourth-order valence-corrected chi connectivity index (χ4v) is 2.28. The zero-order valence-corrected chi connectivity index (χ0v) is 7.73. The van der Waals surface area contributed by atoms with Gasteiger partial charge < -0.3 is 10.2 Å². The van der Waals surface area contributed by atoms with Gasteiger partial charge in [0.2, 0.25) is 0 Å². The first-order chi connectivity index (χ1) is 5.72. The average Bonchev–Trinajstić information content (AvgIpc) is 2.01. The molecule has 0 aromatic rings. The first-order valence-electron chi connectivity index (χ1n) is 4.37. The molecule has 1 spiro atoms. The predicted octanol–water partition coefficient (Wildman–Crippen LogP) is 1.03. The van der Waals surface area contributed by atoms with Crippen molar-refractivity contribution in [2.45, 2.75) is 12.8 Å². The van der Waals surface area contributed by atoms with Crippen molar-refractivity contribution in [1.29, 1.82) is 0 Å². The van der Waals surface area contributed by atoms with E-state index >= 15 is 0 Å². The van der Waals surface area contributed by atoms with Gasteiger partial charge in [0.25, 0.3) is 0 Å². The third-order valence-corrected chi connectivity index (χ3v) is 3.20. The molecule has 3 nitrogen and oxygen atoms in total. The molecule has 0 bridgehead atoms. The van der Waals surface area contributed by atoms with Crippen molar-refractivity contribution in [3.05, 3.63) is 0 Å². The van der Waals surface area contributed by atoms with Crippen molar-refractivity contribution in [1.82, 2.24) is 10.2 Å². The molecule has 0 aliphatic carbocycles. The molecule has 2 aliphatic heterocycles. The van der Waals surface area contributed by atoms with E-state index in [9.17, 15) is 4.79 Å². The molecule has 0 aromatic heterocycles. The molecule has 12 heavy (non-hydrogen) atoms. The molecule has 2 heterocycles. The Bertz CT molecular complexity index is 193. The summed E-state index contributed by atoms with van der Waals surface area (Å²) >= 11 is 5.35. The van der Waals surface area contributed by atoms with Crippen molar-refractivity contribution in [2.75, 3.05) is 26.2 Å². The van der Waals surface area contributed by atoms with Crippen LogP contribution in [0.2, 0.25) is 0 Å². The number of halogens is 1. The molecule has 0 aromatic carbocycles. The van der Waals surface area contributed by atoms with Gasteiger partial charge in [-0.2, -0.15) is 0 Å². The van der Waals surface area contributed by atoms with Gasteiger partial charge in [-0.25, -0.2) is 0 Å². The van der Waals surface area contributed by atoms with Gasteiger partial charge in [-0.3, -0.25) is 4.79 Å². The minimum atomic E-state index is -0.292. The van der Waals surface area contributed by atoms with Crippen molar-refractivity contribution < 1.29 is 4.79 Å². The molecule has 0 saturated carbocycles. The second-order valence-electron chi connectivity index (χ2n) is 3.86. The minimum Gasteiger partial charge on any atom is -0.328 e. The van der Waals surface area contributed by atoms with Crippen molar-refractivity contribution in [3.63, 3.8) is 0 Å². The Kier molecular flexibility index (Phi) is 2.00. The summed E-state index contributed by atoms with van der Waals surface area (Å²) in [5.74, 6) is 0. The first-order valence-corrected chi connectivity index (χ1v) is 4.75. The maximum Gasteiger partial charge on any atom is 0.316 e. The lowest BCUT2D eigenvalue weighted by molar-refractivity contribution is 0.0145. The second-order valence-corrected chi connectivity index (χ2v) is 4.18. The summed E-state index contributed by atoms with van der Waals surface area (Å²) < 4.78 is 0. The van der Waals surface area contributed by atoms with E-state index in [4.69, 9.17) is 11.6 Å². The van der Waals surface area contributed by atoms with Gasteiger partial charge >= 0.3 is 5.37 Å². The van der Waals surface area contributed by atoms with Gasteiger partial charge in [-0.1, -0.05) is 0 Å². The van der Waals surface area contributed by atoms with Crippen LogP contribution in [0.5, 0.6) is 0 Å². The SMILES string of the molecule is O=C(Cl)N1CC2(CCNCC2)C1. The van der Waals surface area contributed by atoms with Crippen molar-refractivity contribution >= 4 is 17.0 Å². The summed E-state index contributed by atoms with van der Waals surface area (Å²) in [4.78, 5) is 12.4. The lowest BCUT2D eigenvalue weighted by Gasteiger charge is -2.51. The fourth-order valence-electron chi connectivity index (χ4n) is 2.16. The summed E-state index contributed by atoms with van der Waals surface area (Å²) in [5, 5.41) is 3.02. The molecular formula is C8H13ClN2O. The van der Waals surface area contributed by atoms with E-state index in [-0.39, 0.29) is 5.37 Å². The first kappa shape index (κ1) is 8.32. The highest BCUT2D eigenvalue weighted by Crippen LogP contribution is 2.38. The molecule has 2 saturated heterocycles. The van der Waals surface area contributed by atoms with E-state index < -0.39 is 0 Å². The van der Waals surface area contributed by atoms with Crippen LogP contribution in [0.25, 0.3) is 0 Å². The molecule has 2 aliphatic rings. The molecule has 1 N–H and O–H groups in total. The number of likely N-dealkylation sites (tertiary alicyclic amines) is 1. The number of amides is 1. The Labute approximate surface area is 77.1 Å². The smallest absolute Gasteiger partial charge is 0.316 e. The van der Waals surface area contributed by atoms with Crippen LogP contribution in [-0.4, -0.2) is 36.4 Å². The number of carbonyl (C=O) groups is 1. The number of rotatable bonds is 0. The largest absolute Gasteiger partial charge is 0.328 e. The quantitative estimate of drug-likeness (QED) is 0.455. The molecule has 0 radical (unpaired) electrons. The molecule has 0 unspecified atom stereocenters. The summed E-state index contributed by atoms with van der Waals surface area (Å²) in [6.45, 7) is 3.92. The maximum absolute atomic E-state index is 10.7. The number of nitrogens with zero attached hydrogens (tertiary/aromatic N) is 1. The second kappa shape index (κ2) is 2.89. The van der Waals surface area contributed by atoms with Gasteiger partial charge in [-0.05, 0) is 37.5 Å². The summed E-state index contributed by atoms with van der Waals surface area (Å²) in [5.41, 5.74) is 0.413. The van der Waals surface area contributed by atoms with Crippen molar-refractivity contribution in [3.8, 4) is 0 Å². The molecule has 0 atom stereocenters. The fraction of sp³-hybridized carbons (Fsp3) is 0.875. The van der Waals surface area contributed by atoms with Crippen molar-refractivity contribution in [2.24, 2.45) is 5.41 Å². The van der Waals surface area contributed by atoms with E-state index in [2.05, 4.69) is 5.32 Å². The van der Waals surface area contributed by atoms with Crippen LogP contribution < -0.4 is 5.32 Å².